The summed E-state index contributed by atoms with van der Waals surface area (Å²) < 4.78 is 2.30. The van der Waals surface area contributed by atoms with Crippen LogP contribution in [0.5, 0.6) is 0 Å². The van der Waals surface area contributed by atoms with Gasteiger partial charge in [0.1, 0.15) is 5.25 Å². The minimum Gasteiger partial charge on any atom is -0.341 e. The third-order valence-electron chi connectivity index (χ3n) is 7.43. The van der Waals surface area contributed by atoms with Gasteiger partial charge in [0.2, 0.25) is 5.91 Å². The summed E-state index contributed by atoms with van der Waals surface area (Å²) in [5.74, 6) is -0.272. The summed E-state index contributed by atoms with van der Waals surface area (Å²) in [7, 11) is 0. The van der Waals surface area contributed by atoms with E-state index in [1.165, 1.54) is 22.7 Å². The zero-order valence-electron chi connectivity index (χ0n) is 23.5. The van der Waals surface area contributed by atoms with Gasteiger partial charge < -0.3 is 15.2 Å². The number of para-hydroxylation sites is 1. The summed E-state index contributed by atoms with van der Waals surface area (Å²) in [4.78, 5) is 27.6. The number of rotatable bonds is 8. The van der Waals surface area contributed by atoms with Gasteiger partial charge in [-0.1, -0.05) is 72.8 Å². The second kappa shape index (κ2) is 12.0. The molecule has 42 heavy (non-hydrogen) atoms. The van der Waals surface area contributed by atoms with Crippen molar-refractivity contribution in [2.75, 3.05) is 10.6 Å². The lowest BCUT2D eigenvalue weighted by atomic mass is 10.1. The largest absolute Gasteiger partial charge is 0.341 e. The van der Waals surface area contributed by atoms with Crippen molar-refractivity contribution < 1.29 is 9.59 Å². The predicted molar refractivity (Wildman–Crippen MR) is 174 cm³/mol. The highest BCUT2D eigenvalue weighted by Crippen LogP contribution is 2.38. The summed E-state index contributed by atoms with van der Waals surface area (Å²) in [5.41, 5.74) is 6.22. The Balaban J connectivity index is 1.27. The molecule has 0 aliphatic rings. The fraction of sp³-hybridized carbons (Fsp3) is 0.111. The molecule has 0 radical (unpaired) electrons. The Kier molecular flexibility index (Phi) is 7.80. The van der Waals surface area contributed by atoms with Crippen LogP contribution in [-0.4, -0.2) is 16.4 Å². The molecule has 0 saturated carbocycles. The molecule has 5 nitrogen and oxygen atoms in total. The van der Waals surface area contributed by atoms with Crippen molar-refractivity contribution in [2.45, 2.75) is 30.5 Å². The maximum atomic E-state index is 13.9. The fourth-order valence-electron chi connectivity index (χ4n) is 5.39. The van der Waals surface area contributed by atoms with Gasteiger partial charge in [0, 0.05) is 50.2 Å². The fourth-order valence-corrected chi connectivity index (χ4v) is 6.47. The number of benzene rings is 5. The summed E-state index contributed by atoms with van der Waals surface area (Å²) in [6.45, 7) is 4.93. The molecule has 0 aliphatic heterocycles. The van der Waals surface area contributed by atoms with Crippen LogP contribution in [0.3, 0.4) is 0 Å². The van der Waals surface area contributed by atoms with Gasteiger partial charge in [0.25, 0.3) is 5.91 Å². The van der Waals surface area contributed by atoms with Crippen LogP contribution in [0.1, 0.15) is 33.7 Å². The number of amides is 2. The van der Waals surface area contributed by atoms with E-state index in [9.17, 15) is 9.59 Å². The van der Waals surface area contributed by atoms with E-state index in [2.05, 4.69) is 52.5 Å². The monoisotopic (exact) mass is 569 g/mol. The second-order valence-electron chi connectivity index (χ2n) is 10.2. The van der Waals surface area contributed by atoms with Crippen LogP contribution in [0.15, 0.2) is 126 Å². The Morgan fingerprint density at radius 2 is 1.43 bits per heavy atom. The summed E-state index contributed by atoms with van der Waals surface area (Å²) in [5, 5.41) is 7.97. The van der Waals surface area contributed by atoms with Crippen molar-refractivity contribution in [3.63, 3.8) is 0 Å². The van der Waals surface area contributed by atoms with Gasteiger partial charge in [-0.3, -0.25) is 9.59 Å². The van der Waals surface area contributed by atoms with Crippen molar-refractivity contribution in [1.82, 2.24) is 4.57 Å². The van der Waals surface area contributed by atoms with Crippen LogP contribution in [0.25, 0.3) is 21.8 Å². The molecule has 1 aromatic heterocycles. The summed E-state index contributed by atoms with van der Waals surface area (Å²) in [6.07, 6.45) is 0. The zero-order valence-corrected chi connectivity index (χ0v) is 24.3. The quantitative estimate of drug-likeness (QED) is 0.180. The Labute approximate surface area is 249 Å². The van der Waals surface area contributed by atoms with E-state index in [1.807, 2.05) is 97.9 Å². The standard InChI is InChI=1S/C36H31N3O2S/c1-3-39-32-19-10-9-18-30(32)31-23-27(20-21-33(31)39)38-36(41)34(25-13-5-4-6-14-25)42-28-16-11-15-26(22-28)37-35(40)29-17-8-7-12-24(29)2/h4-23,34H,3H2,1-2H3,(H,37,40)(H,38,41). The molecule has 1 unspecified atom stereocenters. The first kappa shape index (κ1) is 27.4. The smallest absolute Gasteiger partial charge is 0.255 e. The number of carbonyl (C=O) groups is 2. The topological polar surface area (TPSA) is 63.1 Å². The molecule has 6 heteroatoms. The number of thioether (sulfide) groups is 1. The Morgan fingerprint density at radius 1 is 0.714 bits per heavy atom. The van der Waals surface area contributed by atoms with Crippen molar-refractivity contribution in [2.24, 2.45) is 0 Å². The number of anilines is 2. The molecule has 2 N–H and O–H groups in total. The summed E-state index contributed by atoms with van der Waals surface area (Å²) in [6, 6.07) is 39.4. The van der Waals surface area contributed by atoms with Crippen LogP contribution in [-0.2, 0) is 11.3 Å². The molecule has 1 atom stereocenters. The first-order valence-corrected chi connectivity index (χ1v) is 14.9. The SMILES string of the molecule is CCn1c2ccccc2c2cc(NC(=O)C(Sc3cccc(NC(=O)c4ccccc4C)c3)c3ccccc3)ccc21. The molecule has 0 bridgehead atoms. The number of hydrogen-bond donors (Lipinski definition) is 2. The molecule has 1 heterocycles. The molecule has 6 aromatic rings. The molecule has 0 saturated heterocycles. The average Bonchev–Trinajstić information content (AvgIpc) is 3.33. The lowest BCUT2D eigenvalue weighted by Crippen LogP contribution is -2.19. The third-order valence-corrected chi connectivity index (χ3v) is 8.68. The molecular weight excluding hydrogens is 538 g/mol. The van der Waals surface area contributed by atoms with E-state index in [4.69, 9.17) is 0 Å². The van der Waals surface area contributed by atoms with Crippen molar-refractivity contribution in [3.8, 4) is 0 Å². The number of fused-ring (bicyclic) bond motifs is 3. The molecular formula is C36H31N3O2S. The van der Waals surface area contributed by atoms with E-state index in [0.29, 0.717) is 11.3 Å². The highest BCUT2D eigenvalue weighted by Gasteiger charge is 2.23. The van der Waals surface area contributed by atoms with E-state index < -0.39 is 5.25 Å². The van der Waals surface area contributed by atoms with Gasteiger partial charge in [-0.2, -0.15) is 0 Å². The van der Waals surface area contributed by atoms with Gasteiger partial charge in [-0.15, -0.1) is 11.8 Å². The normalized spacial score (nSPS) is 11.9. The lowest BCUT2D eigenvalue weighted by molar-refractivity contribution is -0.115. The van der Waals surface area contributed by atoms with E-state index >= 15 is 0 Å². The van der Waals surface area contributed by atoms with E-state index in [1.54, 1.807) is 0 Å². The van der Waals surface area contributed by atoms with Crippen LogP contribution in [0.2, 0.25) is 0 Å². The molecule has 0 fully saturated rings. The van der Waals surface area contributed by atoms with Gasteiger partial charge in [0.05, 0.1) is 0 Å². The first-order valence-electron chi connectivity index (χ1n) is 14.0. The highest BCUT2D eigenvalue weighted by molar-refractivity contribution is 8.00. The molecule has 5 aromatic carbocycles. The van der Waals surface area contributed by atoms with Crippen LogP contribution >= 0.6 is 11.8 Å². The number of hydrogen-bond acceptors (Lipinski definition) is 3. The maximum Gasteiger partial charge on any atom is 0.255 e. The molecule has 0 spiro atoms. The lowest BCUT2D eigenvalue weighted by Gasteiger charge is -2.18. The van der Waals surface area contributed by atoms with Crippen LogP contribution in [0.4, 0.5) is 11.4 Å². The van der Waals surface area contributed by atoms with Gasteiger partial charge in [-0.25, -0.2) is 0 Å². The Bertz CT molecular complexity index is 1910. The van der Waals surface area contributed by atoms with Crippen molar-refractivity contribution >= 4 is 56.8 Å². The number of nitrogens with one attached hydrogen (secondary N) is 2. The van der Waals surface area contributed by atoms with Gasteiger partial charge in [-0.05, 0) is 73.5 Å². The van der Waals surface area contributed by atoms with Crippen LogP contribution in [0, 0.1) is 6.92 Å². The molecule has 0 aliphatic carbocycles. The second-order valence-corrected chi connectivity index (χ2v) is 11.4. The number of carbonyl (C=O) groups excluding carboxylic acids is 2. The minimum absolute atomic E-state index is 0.112. The van der Waals surface area contributed by atoms with Crippen molar-refractivity contribution in [1.29, 1.82) is 0 Å². The molecule has 2 amide bonds. The third kappa shape index (κ3) is 5.54. The summed E-state index contributed by atoms with van der Waals surface area (Å²) >= 11 is 1.46. The molecule has 6 rings (SSSR count). The molecule has 208 valence electrons. The van der Waals surface area contributed by atoms with E-state index in [-0.39, 0.29) is 11.8 Å². The minimum atomic E-state index is -0.499. The highest BCUT2D eigenvalue weighted by atomic mass is 32.2. The maximum absolute atomic E-state index is 13.9. The van der Waals surface area contributed by atoms with Gasteiger partial charge in [0.15, 0.2) is 0 Å². The number of aryl methyl sites for hydroxylation is 2. The first-order chi connectivity index (χ1) is 20.5. The number of aromatic nitrogens is 1. The predicted octanol–water partition coefficient (Wildman–Crippen LogP) is 8.85. The van der Waals surface area contributed by atoms with Crippen molar-refractivity contribution in [3.05, 3.63) is 138 Å². The van der Waals surface area contributed by atoms with Gasteiger partial charge >= 0.3 is 0 Å². The number of nitrogens with zero attached hydrogens (tertiary/aromatic N) is 1. The average molecular weight is 570 g/mol. The van der Waals surface area contributed by atoms with Crippen LogP contribution < -0.4 is 10.6 Å². The van der Waals surface area contributed by atoms with E-state index in [0.717, 1.165) is 39.2 Å². The zero-order chi connectivity index (χ0) is 29.1. The Hall–Kier alpha value is -4.81. The Morgan fingerprint density at radius 3 is 2.24 bits per heavy atom.